The van der Waals surface area contributed by atoms with E-state index in [0.717, 1.165) is 36.7 Å². The Morgan fingerprint density at radius 3 is 2.52 bits per heavy atom. The molecule has 0 saturated carbocycles. The van der Waals surface area contributed by atoms with Crippen molar-refractivity contribution in [2.75, 3.05) is 25.0 Å². The third kappa shape index (κ3) is 7.99. The maximum Gasteiger partial charge on any atom is 0.191 e. The minimum absolute atomic E-state index is 0. The summed E-state index contributed by atoms with van der Waals surface area (Å²) in [4.78, 5) is 6.92. The lowest BCUT2D eigenvalue weighted by atomic mass is 10.1. The van der Waals surface area contributed by atoms with Crippen molar-refractivity contribution >= 4 is 35.6 Å². The molecule has 0 aliphatic rings. The number of hydrogen-bond acceptors (Lipinski definition) is 4. The van der Waals surface area contributed by atoms with Crippen LogP contribution in [0.15, 0.2) is 53.5 Å². The van der Waals surface area contributed by atoms with Gasteiger partial charge in [0, 0.05) is 32.9 Å². The van der Waals surface area contributed by atoms with E-state index in [2.05, 4.69) is 44.9 Å². The number of hydrogen-bond donors (Lipinski definition) is 2. The second-order valence-corrected chi connectivity index (χ2v) is 7.86. The van der Waals surface area contributed by atoms with Crippen LogP contribution >= 0.6 is 24.0 Å². The number of anilines is 1. The molecule has 0 fully saturated rings. The van der Waals surface area contributed by atoms with Crippen LogP contribution in [0.5, 0.6) is 0 Å². The number of para-hydroxylation sites is 1. The molecule has 0 radical (unpaired) electrons. The van der Waals surface area contributed by atoms with Gasteiger partial charge in [-0.15, -0.1) is 34.2 Å². The van der Waals surface area contributed by atoms with Gasteiger partial charge >= 0.3 is 0 Å². The van der Waals surface area contributed by atoms with E-state index in [1.165, 1.54) is 11.8 Å². The predicted octanol–water partition coefficient (Wildman–Crippen LogP) is 3.95. The Balaban J connectivity index is 0.00000385. The van der Waals surface area contributed by atoms with E-state index in [0.29, 0.717) is 24.6 Å². The van der Waals surface area contributed by atoms with Crippen molar-refractivity contribution in [3.8, 4) is 0 Å². The summed E-state index contributed by atoms with van der Waals surface area (Å²) in [6.07, 6.45) is 0.949. The second kappa shape index (κ2) is 13.1. The average molecular weight is 565 g/mol. The summed E-state index contributed by atoms with van der Waals surface area (Å²) in [5.41, 5.74) is 2.78. The number of guanidine groups is 1. The monoisotopic (exact) mass is 565 g/mol. The van der Waals surface area contributed by atoms with Crippen molar-refractivity contribution in [2.45, 2.75) is 33.4 Å². The molecule has 1 heterocycles. The first-order valence-corrected chi connectivity index (χ1v) is 10.8. The lowest BCUT2D eigenvalue weighted by molar-refractivity contribution is 0.617. The van der Waals surface area contributed by atoms with Gasteiger partial charge in [0.15, 0.2) is 11.8 Å². The van der Waals surface area contributed by atoms with Gasteiger partial charge in [-0.1, -0.05) is 30.3 Å². The van der Waals surface area contributed by atoms with Crippen molar-refractivity contribution in [1.29, 1.82) is 0 Å². The number of rotatable bonds is 9. The van der Waals surface area contributed by atoms with Crippen molar-refractivity contribution in [1.82, 2.24) is 25.4 Å². The highest BCUT2D eigenvalue weighted by atomic mass is 127. The minimum Gasteiger partial charge on any atom is -0.375 e. The van der Waals surface area contributed by atoms with E-state index < -0.39 is 0 Å². The lowest BCUT2D eigenvalue weighted by Crippen LogP contribution is -2.39. The average Bonchev–Trinajstić information content (AvgIpc) is 3.12. The van der Waals surface area contributed by atoms with Crippen LogP contribution in [0.3, 0.4) is 0 Å². The molecule has 9 heteroatoms. The SMILES string of the molecule is Cc1cc(CN=C(NCCCN(C)c2ccccc2)NCc2nnc(C)n2C)ccc1F.I. The molecular weight excluding hydrogens is 532 g/mol. The van der Waals surface area contributed by atoms with E-state index in [1.807, 2.05) is 42.8 Å². The van der Waals surface area contributed by atoms with E-state index >= 15 is 0 Å². The summed E-state index contributed by atoms with van der Waals surface area (Å²) >= 11 is 0. The first-order chi connectivity index (χ1) is 15.4. The quantitative estimate of drug-likeness (QED) is 0.178. The summed E-state index contributed by atoms with van der Waals surface area (Å²) in [7, 11) is 4.03. The number of halogens is 2. The zero-order valence-corrected chi connectivity index (χ0v) is 22.0. The summed E-state index contributed by atoms with van der Waals surface area (Å²) in [6, 6.07) is 15.4. The van der Waals surface area contributed by atoms with Crippen LogP contribution in [0.2, 0.25) is 0 Å². The molecule has 7 nitrogen and oxygen atoms in total. The maximum atomic E-state index is 13.6. The summed E-state index contributed by atoms with van der Waals surface area (Å²) in [5, 5.41) is 15.0. The van der Waals surface area contributed by atoms with E-state index in [-0.39, 0.29) is 29.8 Å². The van der Waals surface area contributed by atoms with Gasteiger partial charge in [0.05, 0.1) is 13.1 Å². The summed E-state index contributed by atoms with van der Waals surface area (Å²) in [5.74, 6) is 2.18. The zero-order valence-electron chi connectivity index (χ0n) is 19.7. The van der Waals surface area contributed by atoms with E-state index in [1.54, 1.807) is 13.0 Å². The third-order valence-corrected chi connectivity index (χ3v) is 5.40. The number of aliphatic imine (C=N–C) groups is 1. The molecule has 0 atom stereocenters. The largest absolute Gasteiger partial charge is 0.375 e. The molecule has 2 N–H and O–H groups in total. The Labute approximate surface area is 212 Å². The predicted molar refractivity (Wildman–Crippen MR) is 143 cm³/mol. The van der Waals surface area contributed by atoms with Crippen molar-refractivity contribution in [2.24, 2.45) is 12.0 Å². The molecule has 0 bridgehead atoms. The highest BCUT2D eigenvalue weighted by molar-refractivity contribution is 14.0. The van der Waals surface area contributed by atoms with Crippen LogP contribution < -0.4 is 15.5 Å². The number of benzene rings is 2. The van der Waals surface area contributed by atoms with Gasteiger partial charge in [0.2, 0.25) is 0 Å². The Morgan fingerprint density at radius 2 is 1.85 bits per heavy atom. The van der Waals surface area contributed by atoms with Gasteiger partial charge < -0.3 is 20.1 Å². The highest BCUT2D eigenvalue weighted by Gasteiger charge is 2.07. The first kappa shape index (κ1) is 26.6. The van der Waals surface area contributed by atoms with Gasteiger partial charge in [-0.25, -0.2) is 9.38 Å². The summed E-state index contributed by atoms with van der Waals surface area (Å²) in [6.45, 7) is 6.34. The molecule has 3 rings (SSSR count). The zero-order chi connectivity index (χ0) is 22.9. The van der Waals surface area contributed by atoms with Crippen LogP contribution in [0.25, 0.3) is 0 Å². The molecule has 0 saturated heterocycles. The number of aromatic nitrogens is 3. The van der Waals surface area contributed by atoms with Crippen LogP contribution in [0, 0.1) is 19.7 Å². The molecule has 0 amide bonds. The van der Waals surface area contributed by atoms with Gasteiger partial charge in [0.1, 0.15) is 11.6 Å². The molecule has 33 heavy (non-hydrogen) atoms. The molecule has 0 aliphatic heterocycles. The molecule has 0 aliphatic carbocycles. The first-order valence-electron chi connectivity index (χ1n) is 10.8. The van der Waals surface area contributed by atoms with Crippen LogP contribution in [0.1, 0.15) is 29.2 Å². The van der Waals surface area contributed by atoms with Gasteiger partial charge in [-0.05, 0) is 49.6 Å². The molecule has 1 aromatic heterocycles. The Hall–Kier alpha value is -2.69. The van der Waals surface area contributed by atoms with Crippen molar-refractivity contribution in [3.05, 3.63) is 77.1 Å². The molecular formula is C24H33FIN7. The minimum atomic E-state index is -0.200. The van der Waals surface area contributed by atoms with Gasteiger partial charge in [0.25, 0.3) is 0 Å². The lowest BCUT2D eigenvalue weighted by Gasteiger charge is -2.19. The van der Waals surface area contributed by atoms with Gasteiger partial charge in [-0.2, -0.15) is 0 Å². The number of nitrogens with zero attached hydrogens (tertiary/aromatic N) is 5. The fourth-order valence-corrected chi connectivity index (χ4v) is 3.25. The number of aryl methyl sites for hydroxylation is 2. The number of nitrogens with one attached hydrogen (secondary N) is 2. The maximum absolute atomic E-state index is 13.6. The van der Waals surface area contributed by atoms with E-state index in [9.17, 15) is 4.39 Å². The highest BCUT2D eigenvalue weighted by Crippen LogP contribution is 2.11. The van der Waals surface area contributed by atoms with Crippen LogP contribution in [-0.4, -0.2) is 40.9 Å². The summed E-state index contributed by atoms with van der Waals surface area (Å²) < 4.78 is 15.5. The standard InChI is InChI=1S/C24H32FN7.HI/c1-18-15-20(11-12-22(18)25)16-27-24(28-17-23-30-29-19(2)32(23)4)26-13-8-14-31(3)21-9-6-5-7-10-21;/h5-7,9-12,15H,8,13-14,16-17H2,1-4H3,(H2,26,27,28);1H. The topological polar surface area (TPSA) is 70.4 Å². The van der Waals surface area contributed by atoms with Crippen molar-refractivity contribution in [3.63, 3.8) is 0 Å². The molecule has 0 spiro atoms. The third-order valence-electron chi connectivity index (χ3n) is 5.40. The fraction of sp³-hybridized carbons (Fsp3) is 0.375. The van der Waals surface area contributed by atoms with Crippen LogP contribution in [0.4, 0.5) is 10.1 Å². The molecule has 3 aromatic rings. The Morgan fingerprint density at radius 1 is 1.09 bits per heavy atom. The van der Waals surface area contributed by atoms with Crippen LogP contribution in [-0.2, 0) is 20.1 Å². The molecule has 178 valence electrons. The molecule has 2 aromatic carbocycles. The smallest absolute Gasteiger partial charge is 0.191 e. The van der Waals surface area contributed by atoms with E-state index in [4.69, 9.17) is 4.99 Å². The Bertz CT molecular complexity index is 1040. The van der Waals surface area contributed by atoms with Gasteiger partial charge in [-0.3, -0.25) is 0 Å². The normalized spacial score (nSPS) is 11.1. The molecule has 0 unspecified atom stereocenters. The van der Waals surface area contributed by atoms with Crippen molar-refractivity contribution < 1.29 is 4.39 Å². The fourth-order valence-electron chi connectivity index (χ4n) is 3.25. The Kier molecular flexibility index (Phi) is 10.6. The second-order valence-electron chi connectivity index (χ2n) is 7.86.